The molecule has 3 nitrogen and oxygen atoms in total. The summed E-state index contributed by atoms with van der Waals surface area (Å²) in [7, 11) is 1.68. The van der Waals surface area contributed by atoms with E-state index in [-0.39, 0.29) is 6.10 Å². The van der Waals surface area contributed by atoms with E-state index in [1.165, 1.54) is 19.3 Å². The fourth-order valence-corrected chi connectivity index (χ4v) is 2.91. The van der Waals surface area contributed by atoms with Crippen LogP contribution in [0.1, 0.15) is 32.6 Å². The van der Waals surface area contributed by atoms with Crippen LogP contribution in [0.15, 0.2) is 24.3 Å². The molecule has 1 aliphatic carbocycles. The van der Waals surface area contributed by atoms with E-state index in [9.17, 15) is 0 Å². The highest BCUT2D eigenvalue weighted by Crippen LogP contribution is 2.33. The average Bonchev–Trinajstić information content (AvgIpc) is 2.47. The zero-order valence-electron chi connectivity index (χ0n) is 12.0. The number of benzene rings is 1. The molecular formula is C16H25NO2. The molecule has 1 aliphatic rings. The molecule has 0 amide bonds. The van der Waals surface area contributed by atoms with Crippen LogP contribution < -0.4 is 15.2 Å². The van der Waals surface area contributed by atoms with Crippen molar-refractivity contribution in [3.05, 3.63) is 24.3 Å². The molecule has 1 aromatic carbocycles. The van der Waals surface area contributed by atoms with Gasteiger partial charge in [0.05, 0.1) is 7.11 Å². The molecule has 2 rings (SSSR count). The van der Waals surface area contributed by atoms with Crippen molar-refractivity contribution in [3.63, 3.8) is 0 Å². The van der Waals surface area contributed by atoms with E-state index in [1.54, 1.807) is 7.11 Å². The maximum atomic E-state index is 6.17. The van der Waals surface area contributed by atoms with Crippen molar-refractivity contribution in [3.8, 4) is 11.5 Å². The molecule has 1 aromatic rings. The van der Waals surface area contributed by atoms with Crippen molar-refractivity contribution in [1.29, 1.82) is 0 Å². The van der Waals surface area contributed by atoms with E-state index in [0.717, 1.165) is 23.8 Å². The number of methoxy groups -OCH3 is 1. The van der Waals surface area contributed by atoms with Gasteiger partial charge in [0.1, 0.15) is 17.6 Å². The summed E-state index contributed by atoms with van der Waals surface area (Å²) in [6.07, 6.45) is 5.07. The Morgan fingerprint density at radius 3 is 2.74 bits per heavy atom. The van der Waals surface area contributed by atoms with E-state index in [4.69, 9.17) is 15.2 Å². The molecule has 1 saturated carbocycles. The fourth-order valence-electron chi connectivity index (χ4n) is 2.91. The van der Waals surface area contributed by atoms with Crippen LogP contribution in [0.25, 0.3) is 0 Å². The second kappa shape index (κ2) is 6.80. The first-order valence-corrected chi connectivity index (χ1v) is 7.27. The number of nitrogens with two attached hydrogens (primary N) is 1. The summed E-state index contributed by atoms with van der Waals surface area (Å²) in [6.45, 7) is 2.97. The Hall–Kier alpha value is -1.22. The molecule has 2 N–H and O–H groups in total. The van der Waals surface area contributed by atoms with Crippen LogP contribution in [-0.4, -0.2) is 19.8 Å². The molecule has 19 heavy (non-hydrogen) atoms. The maximum absolute atomic E-state index is 6.17. The molecule has 0 aromatic heterocycles. The topological polar surface area (TPSA) is 44.5 Å². The molecule has 3 heteroatoms. The van der Waals surface area contributed by atoms with Gasteiger partial charge in [-0.1, -0.05) is 19.4 Å². The fraction of sp³-hybridized carbons (Fsp3) is 0.625. The molecular weight excluding hydrogens is 238 g/mol. The Balaban J connectivity index is 2.05. The number of rotatable bonds is 5. The predicted octanol–water partition coefficient (Wildman–Crippen LogP) is 3.23. The van der Waals surface area contributed by atoms with Crippen molar-refractivity contribution in [1.82, 2.24) is 0 Å². The minimum atomic E-state index is 0.246. The van der Waals surface area contributed by atoms with Crippen LogP contribution in [0.5, 0.6) is 11.5 Å². The first-order chi connectivity index (χ1) is 9.26. The smallest absolute Gasteiger partial charge is 0.123 e. The van der Waals surface area contributed by atoms with Crippen molar-refractivity contribution in [2.45, 2.75) is 38.7 Å². The quantitative estimate of drug-likeness (QED) is 0.887. The van der Waals surface area contributed by atoms with Gasteiger partial charge in [0, 0.05) is 12.0 Å². The molecule has 0 aliphatic heterocycles. The Labute approximate surface area is 116 Å². The van der Waals surface area contributed by atoms with Gasteiger partial charge in [-0.05, 0) is 43.9 Å². The lowest BCUT2D eigenvalue weighted by Gasteiger charge is -2.35. The second-order valence-corrected chi connectivity index (χ2v) is 5.42. The van der Waals surface area contributed by atoms with E-state index >= 15 is 0 Å². The van der Waals surface area contributed by atoms with E-state index in [0.29, 0.717) is 12.5 Å². The lowest BCUT2D eigenvalue weighted by atomic mass is 9.78. The minimum Gasteiger partial charge on any atom is -0.497 e. The van der Waals surface area contributed by atoms with E-state index in [1.807, 2.05) is 24.3 Å². The third kappa shape index (κ3) is 3.63. The lowest BCUT2D eigenvalue weighted by Crippen LogP contribution is -2.38. The van der Waals surface area contributed by atoms with Gasteiger partial charge in [0.25, 0.3) is 0 Å². The van der Waals surface area contributed by atoms with Gasteiger partial charge in [-0.15, -0.1) is 0 Å². The van der Waals surface area contributed by atoms with Crippen LogP contribution in [0.4, 0.5) is 0 Å². The summed E-state index contributed by atoms with van der Waals surface area (Å²) in [4.78, 5) is 0. The number of ether oxygens (including phenoxy) is 2. The molecule has 0 spiro atoms. The molecule has 106 valence electrons. The third-order valence-electron chi connectivity index (χ3n) is 4.25. The highest BCUT2D eigenvalue weighted by atomic mass is 16.5. The number of hydrogen-bond acceptors (Lipinski definition) is 3. The Kier molecular flexibility index (Phi) is 5.08. The zero-order chi connectivity index (χ0) is 13.7. The van der Waals surface area contributed by atoms with Gasteiger partial charge >= 0.3 is 0 Å². The first kappa shape index (κ1) is 14.2. The van der Waals surface area contributed by atoms with Gasteiger partial charge < -0.3 is 15.2 Å². The second-order valence-electron chi connectivity index (χ2n) is 5.42. The Morgan fingerprint density at radius 1 is 1.26 bits per heavy atom. The minimum absolute atomic E-state index is 0.246. The van der Waals surface area contributed by atoms with Gasteiger partial charge in [0.15, 0.2) is 0 Å². The summed E-state index contributed by atoms with van der Waals surface area (Å²) >= 11 is 0. The standard InChI is InChI=1S/C16H25NO2/c1-3-12-7-8-13(11-17)16(9-12)19-15-6-4-5-14(10-15)18-2/h4-6,10,12-13,16H,3,7-9,11,17H2,1-2H3. The molecule has 1 fully saturated rings. The molecule has 0 heterocycles. The van der Waals surface area contributed by atoms with Crippen LogP contribution in [0.3, 0.4) is 0 Å². The summed E-state index contributed by atoms with van der Waals surface area (Å²) in [5, 5.41) is 0. The van der Waals surface area contributed by atoms with Gasteiger partial charge in [-0.25, -0.2) is 0 Å². The summed E-state index contributed by atoms with van der Waals surface area (Å²) in [5.41, 5.74) is 5.89. The molecule has 0 radical (unpaired) electrons. The first-order valence-electron chi connectivity index (χ1n) is 7.27. The third-order valence-corrected chi connectivity index (χ3v) is 4.25. The molecule has 3 unspecified atom stereocenters. The highest BCUT2D eigenvalue weighted by molar-refractivity contribution is 5.33. The largest absolute Gasteiger partial charge is 0.497 e. The normalized spacial score (nSPS) is 27.0. The van der Waals surface area contributed by atoms with Crippen molar-refractivity contribution < 1.29 is 9.47 Å². The van der Waals surface area contributed by atoms with Crippen LogP contribution >= 0.6 is 0 Å². The summed E-state index contributed by atoms with van der Waals surface area (Å²) < 4.78 is 11.4. The summed E-state index contributed by atoms with van der Waals surface area (Å²) in [6, 6.07) is 7.84. The van der Waals surface area contributed by atoms with Gasteiger partial charge in [-0.3, -0.25) is 0 Å². The lowest BCUT2D eigenvalue weighted by molar-refractivity contribution is 0.0682. The van der Waals surface area contributed by atoms with Crippen LogP contribution in [0.2, 0.25) is 0 Å². The maximum Gasteiger partial charge on any atom is 0.123 e. The predicted molar refractivity (Wildman–Crippen MR) is 77.6 cm³/mol. The van der Waals surface area contributed by atoms with Gasteiger partial charge in [-0.2, -0.15) is 0 Å². The molecule has 0 bridgehead atoms. The van der Waals surface area contributed by atoms with Crippen molar-refractivity contribution >= 4 is 0 Å². The highest BCUT2D eigenvalue weighted by Gasteiger charge is 2.30. The van der Waals surface area contributed by atoms with Crippen LogP contribution in [0, 0.1) is 11.8 Å². The van der Waals surface area contributed by atoms with E-state index in [2.05, 4.69) is 6.92 Å². The van der Waals surface area contributed by atoms with Crippen molar-refractivity contribution in [2.24, 2.45) is 17.6 Å². The summed E-state index contributed by atoms with van der Waals surface area (Å²) in [5.74, 6) is 2.98. The molecule has 3 atom stereocenters. The van der Waals surface area contributed by atoms with E-state index < -0.39 is 0 Å². The number of hydrogen-bond donors (Lipinski definition) is 1. The van der Waals surface area contributed by atoms with Crippen LogP contribution in [-0.2, 0) is 0 Å². The van der Waals surface area contributed by atoms with Gasteiger partial charge in [0.2, 0.25) is 0 Å². The SMILES string of the molecule is CCC1CCC(CN)C(Oc2cccc(OC)c2)C1. The zero-order valence-corrected chi connectivity index (χ0v) is 12.0. The average molecular weight is 263 g/mol. The van der Waals surface area contributed by atoms with Crippen molar-refractivity contribution in [2.75, 3.05) is 13.7 Å². The Morgan fingerprint density at radius 2 is 2.05 bits per heavy atom. The molecule has 0 saturated heterocycles. The monoisotopic (exact) mass is 263 g/mol. The Bertz CT molecular complexity index is 394.